The number of hydrogen-bond donors (Lipinski definition) is 5. The number of ether oxygens (including phenoxy) is 1. The molecule has 195 valence electrons. The van der Waals surface area contributed by atoms with Crippen molar-refractivity contribution >= 4 is 41.2 Å². The summed E-state index contributed by atoms with van der Waals surface area (Å²) < 4.78 is 5.26. The summed E-state index contributed by atoms with van der Waals surface area (Å²) in [6.45, 7) is 12.8. The smallest absolute Gasteiger partial charge is 0.408 e. The summed E-state index contributed by atoms with van der Waals surface area (Å²) in [6.07, 6.45) is -0.147. The molecule has 6 N–H and O–H groups in total. The number of anilines is 1. The van der Waals surface area contributed by atoms with Crippen molar-refractivity contribution in [3.8, 4) is 0 Å². The van der Waals surface area contributed by atoms with Gasteiger partial charge >= 0.3 is 12.1 Å². The molecule has 1 radical (unpaired) electrons. The predicted octanol–water partition coefficient (Wildman–Crippen LogP) is 3.03. The van der Waals surface area contributed by atoms with Gasteiger partial charge in [-0.1, -0.05) is 19.9 Å². The number of halogens is 1. The first-order chi connectivity index (χ1) is 16.2. The summed E-state index contributed by atoms with van der Waals surface area (Å²) in [5.41, 5.74) is 6.36. The number of urea groups is 1. The third kappa shape index (κ3) is 11.3. The van der Waals surface area contributed by atoms with E-state index in [1.165, 1.54) is 0 Å². The first kappa shape index (κ1) is 30.0. The molecule has 0 aliphatic heterocycles. The van der Waals surface area contributed by atoms with Gasteiger partial charge in [-0.25, -0.2) is 9.59 Å². The quantitative estimate of drug-likeness (QED) is 0.229. The minimum absolute atomic E-state index is 0.214. The van der Waals surface area contributed by atoms with Gasteiger partial charge in [0, 0.05) is 18.1 Å². The van der Waals surface area contributed by atoms with Crippen LogP contribution in [-0.2, 0) is 20.2 Å². The summed E-state index contributed by atoms with van der Waals surface area (Å²) in [7, 11) is 0. The molecule has 35 heavy (non-hydrogen) atoms. The van der Waals surface area contributed by atoms with Crippen molar-refractivity contribution in [2.24, 2.45) is 11.7 Å². The lowest BCUT2D eigenvalue weighted by molar-refractivity contribution is -0.128. The highest BCUT2D eigenvalue weighted by molar-refractivity contribution is 6.17. The number of hydrogen-bond acceptors (Lipinski definition) is 5. The standard InChI is InChI=1S/C24H37ClN5O5/c1-14(2)19(30-23(34)35-24(4,5)6)21(32)29-18(8-7-11-27-22(26)33)20(31)28-17-10-9-16(13-25)15(3)12-17/h9-10,12,14,18-19H,3,7-8,11,13H2,1-2,4-6H3,(H,28,31)(H,29,32)(H,30,34)(H3,26,27,33)/t18-,19-/m0/s1. The fourth-order valence-electron chi connectivity index (χ4n) is 3.08. The van der Waals surface area contributed by atoms with Crippen molar-refractivity contribution in [3.63, 3.8) is 0 Å². The monoisotopic (exact) mass is 510 g/mol. The average molecular weight is 511 g/mol. The maximum absolute atomic E-state index is 13.1. The van der Waals surface area contributed by atoms with E-state index in [0.29, 0.717) is 23.6 Å². The van der Waals surface area contributed by atoms with Gasteiger partial charge in [-0.05, 0) is 69.7 Å². The van der Waals surface area contributed by atoms with E-state index in [4.69, 9.17) is 22.1 Å². The number of nitrogens with one attached hydrogen (secondary N) is 4. The summed E-state index contributed by atoms with van der Waals surface area (Å²) in [5, 5.41) is 10.5. The van der Waals surface area contributed by atoms with Crippen molar-refractivity contribution < 1.29 is 23.9 Å². The molecule has 0 spiro atoms. The van der Waals surface area contributed by atoms with Gasteiger partial charge in [-0.2, -0.15) is 0 Å². The molecule has 0 heterocycles. The van der Waals surface area contributed by atoms with Crippen LogP contribution in [0, 0.1) is 12.8 Å². The van der Waals surface area contributed by atoms with Crippen LogP contribution in [0.1, 0.15) is 58.6 Å². The second-order valence-electron chi connectivity index (χ2n) is 9.47. The van der Waals surface area contributed by atoms with E-state index in [9.17, 15) is 19.2 Å². The van der Waals surface area contributed by atoms with Gasteiger partial charge in [0.05, 0.1) is 0 Å². The van der Waals surface area contributed by atoms with Gasteiger partial charge in [0.1, 0.15) is 17.7 Å². The van der Waals surface area contributed by atoms with E-state index in [0.717, 1.165) is 5.56 Å². The zero-order valence-corrected chi connectivity index (χ0v) is 21.8. The molecule has 0 saturated heterocycles. The maximum atomic E-state index is 13.1. The molecule has 0 unspecified atom stereocenters. The highest BCUT2D eigenvalue weighted by atomic mass is 35.5. The van der Waals surface area contributed by atoms with Crippen LogP contribution in [0.2, 0.25) is 0 Å². The topological polar surface area (TPSA) is 152 Å². The van der Waals surface area contributed by atoms with E-state index in [2.05, 4.69) is 28.2 Å². The Morgan fingerprint density at radius 3 is 2.29 bits per heavy atom. The number of alkyl carbamates (subject to hydrolysis) is 1. The van der Waals surface area contributed by atoms with Crippen LogP contribution < -0.4 is 27.0 Å². The van der Waals surface area contributed by atoms with Crippen LogP contribution in [-0.4, -0.2) is 48.2 Å². The maximum Gasteiger partial charge on any atom is 0.408 e. The predicted molar refractivity (Wildman–Crippen MR) is 136 cm³/mol. The number of benzene rings is 1. The highest BCUT2D eigenvalue weighted by Crippen LogP contribution is 2.17. The third-order valence-electron chi connectivity index (χ3n) is 4.84. The van der Waals surface area contributed by atoms with Gasteiger partial charge in [0.2, 0.25) is 11.8 Å². The Morgan fingerprint density at radius 2 is 1.77 bits per heavy atom. The Morgan fingerprint density at radius 1 is 1.11 bits per heavy atom. The molecule has 1 aromatic carbocycles. The molecule has 0 fully saturated rings. The minimum Gasteiger partial charge on any atom is -0.444 e. The van der Waals surface area contributed by atoms with Gasteiger partial charge in [0.25, 0.3) is 0 Å². The zero-order chi connectivity index (χ0) is 26.8. The number of nitrogens with two attached hydrogens (primary N) is 1. The van der Waals surface area contributed by atoms with E-state index >= 15 is 0 Å². The minimum atomic E-state index is -0.945. The molecular weight excluding hydrogens is 474 g/mol. The molecule has 0 aliphatic rings. The number of carbonyl (C=O) groups is 4. The average Bonchev–Trinajstić information content (AvgIpc) is 2.72. The summed E-state index contributed by atoms with van der Waals surface area (Å²) in [5.74, 6) is -0.987. The van der Waals surface area contributed by atoms with E-state index in [1.807, 2.05) is 0 Å². The van der Waals surface area contributed by atoms with Crippen LogP contribution in [0.4, 0.5) is 15.3 Å². The molecule has 5 amide bonds. The molecule has 11 heteroatoms. The molecule has 0 aliphatic carbocycles. The Bertz CT molecular complexity index is 901. The van der Waals surface area contributed by atoms with Gasteiger partial charge in [-0.3, -0.25) is 9.59 Å². The Balaban J connectivity index is 2.98. The molecule has 1 aromatic rings. The largest absolute Gasteiger partial charge is 0.444 e. The second kappa shape index (κ2) is 13.8. The lowest BCUT2D eigenvalue weighted by Crippen LogP contribution is -2.55. The number of alkyl halides is 1. The molecular formula is C24H37ClN5O5. The van der Waals surface area contributed by atoms with Crippen molar-refractivity contribution in [3.05, 3.63) is 36.2 Å². The second-order valence-corrected chi connectivity index (χ2v) is 9.74. The number of carbonyl (C=O) groups excluding carboxylic acids is 4. The molecule has 2 atom stereocenters. The van der Waals surface area contributed by atoms with Gasteiger partial charge in [-0.15, -0.1) is 11.6 Å². The Labute approximate surface area is 212 Å². The van der Waals surface area contributed by atoms with Crippen LogP contribution in [0.25, 0.3) is 0 Å². The summed E-state index contributed by atoms with van der Waals surface area (Å²) in [6, 6.07) is 2.58. The number of primary amides is 1. The van der Waals surface area contributed by atoms with Gasteiger partial charge in [0.15, 0.2) is 0 Å². The van der Waals surface area contributed by atoms with E-state index < -0.39 is 41.6 Å². The van der Waals surface area contributed by atoms with Crippen LogP contribution in [0.3, 0.4) is 0 Å². The molecule has 0 bridgehead atoms. The zero-order valence-electron chi connectivity index (χ0n) is 21.0. The van der Waals surface area contributed by atoms with Gasteiger partial charge < -0.3 is 31.7 Å². The summed E-state index contributed by atoms with van der Waals surface area (Å²) in [4.78, 5) is 49.3. The summed E-state index contributed by atoms with van der Waals surface area (Å²) >= 11 is 5.87. The fourth-order valence-corrected chi connectivity index (χ4v) is 3.34. The lowest BCUT2D eigenvalue weighted by atomic mass is 10.0. The van der Waals surface area contributed by atoms with Crippen LogP contribution >= 0.6 is 11.6 Å². The number of rotatable bonds is 11. The fraction of sp³-hybridized carbons (Fsp3) is 0.542. The van der Waals surface area contributed by atoms with E-state index in [-0.39, 0.29) is 18.9 Å². The number of amides is 5. The Kier molecular flexibility index (Phi) is 11.8. The molecule has 10 nitrogen and oxygen atoms in total. The molecule has 0 saturated carbocycles. The van der Waals surface area contributed by atoms with Crippen LogP contribution in [0.15, 0.2) is 18.2 Å². The third-order valence-corrected chi connectivity index (χ3v) is 5.13. The van der Waals surface area contributed by atoms with Crippen molar-refractivity contribution in [1.29, 1.82) is 0 Å². The molecule has 0 aromatic heterocycles. The molecule has 1 rings (SSSR count). The Hall–Kier alpha value is -3.01. The highest BCUT2D eigenvalue weighted by Gasteiger charge is 2.30. The SMILES string of the molecule is [CH2]c1cc(NC(=O)[C@H](CCCNC(N)=O)NC(=O)[C@@H](NC(=O)OC(C)(C)C)C(C)C)ccc1CCl. The lowest BCUT2D eigenvalue weighted by Gasteiger charge is -2.27. The van der Waals surface area contributed by atoms with Crippen molar-refractivity contribution in [1.82, 2.24) is 16.0 Å². The van der Waals surface area contributed by atoms with E-state index in [1.54, 1.807) is 52.8 Å². The first-order valence-electron chi connectivity index (χ1n) is 11.4. The van der Waals surface area contributed by atoms with Crippen LogP contribution in [0.5, 0.6) is 0 Å². The van der Waals surface area contributed by atoms with Crippen molar-refractivity contribution in [2.75, 3.05) is 11.9 Å². The first-order valence-corrected chi connectivity index (χ1v) is 11.9. The normalized spacial score (nSPS) is 12.9. The van der Waals surface area contributed by atoms with Crippen molar-refractivity contribution in [2.45, 2.75) is 71.0 Å².